The molecular weight excluding hydrogens is 296 g/mol. The van der Waals surface area contributed by atoms with E-state index in [1.54, 1.807) is 11.3 Å². The summed E-state index contributed by atoms with van der Waals surface area (Å²) in [6, 6.07) is 2.13. The molecule has 2 heterocycles. The fourth-order valence-corrected chi connectivity index (χ4v) is 4.42. The first kappa shape index (κ1) is 16.0. The third kappa shape index (κ3) is 3.89. The van der Waals surface area contributed by atoms with E-state index in [1.165, 1.54) is 23.3 Å². The van der Waals surface area contributed by atoms with Crippen LogP contribution in [0.1, 0.15) is 39.9 Å². The molecular formula is C17H26N2O2S. The van der Waals surface area contributed by atoms with Crippen molar-refractivity contribution in [1.82, 2.24) is 10.2 Å². The Morgan fingerprint density at radius 1 is 1.45 bits per heavy atom. The molecule has 3 rings (SSSR count). The molecule has 0 aromatic carbocycles. The van der Waals surface area contributed by atoms with E-state index in [2.05, 4.69) is 23.2 Å². The van der Waals surface area contributed by atoms with Crippen LogP contribution in [0.3, 0.4) is 0 Å². The molecule has 1 saturated heterocycles. The Morgan fingerprint density at radius 2 is 2.27 bits per heavy atom. The number of morpholine rings is 1. The SMILES string of the molecule is CC[C@@H]1CCc2sc(C(=O)NCCN3CCOCC3)cc2C1. The van der Waals surface area contributed by atoms with E-state index in [0.717, 1.165) is 63.0 Å². The number of hydrogen-bond donors (Lipinski definition) is 1. The molecule has 2 aliphatic rings. The Bertz CT molecular complexity index is 509. The van der Waals surface area contributed by atoms with Gasteiger partial charge in [-0.3, -0.25) is 9.69 Å². The third-order valence-corrected chi connectivity index (χ3v) is 6.04. The van der Waals surface area contributed by atoms with Gasteiger partial charge in [0.2, 0.25) is 0 Å². The topological polar surface area (TPSA) is 41.6 Å². The summed E-state index contributed by atoms with van der Waals surface area (Å²) < 4.78 is 5.33. The van der Waals surface area contributed by atoms with Crippen molar-refractivity contribution < 1.29 is 9.53 Å². The van der Waals surface area contributed by atoms with Crippen molar-refractivity contribution in [2.45, 2.75) is 32.6 Å². The van der Waals surface area contributed by atoms with Crippen molar-refractivity contribution in [2.24, 2.45) is 5.92 Å². The van der Waals surface area contributed by atoms with Crippen LogP contribution in [0, 0.1) is 5.92 Å². The van der Waals surface area contributed by atoms with Gasteiger partial charge in [0, 0.05) is 31.1 Å². The van der Waals surface area contributed by atoms with Crippen molar-refractivity contribution >= 4 is 17.2 Å². The van der Waals surface area contributed by atoms with Crippen LogP contribution < -0.4 is 5.32 Å². The highest BCUT2D eigenvalue weighted by Crippen LogP contribution is 2.33. The van der Waals surface area contributed by atoms with Crippen LogP contribution in [0.4, 0.5) is 0 Å². The zero-order chi connectivity index (χ0) is 15.4. The first-order valence-electron chi connectivity index (χ1n) is 8.46. The lowest BCUT2D eigenvalue weighted by Crippen LogP contribution is -2.41. The molecule has 1 aromatic heterocycles. The van der Waals surface area contributed by atoms with Crippen LogP contribution in [-0.2, 0) is 17.6 Å². The summed E-state index contributed by atoms with van der Waals surface area (Å²) >= 11 is 1.70. The van der Waals surface area contributed by atoms with Crippen molar-refractivity contribution in [2.75, 3.05) is 39.4 Å². The predicted octanol–water partition coefficient (Wildman–Crippen LogP) is 2.33. The Kier molecular flexibility index (Phi) is 5.50. The molecule has 1 atom stereocenters. The number of carbonyl (C=O) groups is 1. The van der Waals surface area contributed by atoms with Gasteiger partial charge in [0.05, 0.1) is 18.1 Å². The Balaban J connectivity index is 1.49. The van der Waals surface area contributed by atoms with E-state index >= 15 is 0 Å². The standard InChI is InChI=1S/C17H26N2O2S/c1-2-13-3-4-15-14(11-13)12-16(22-15)17(20)18-5-6-19-7-9-21-10-8-19/h12-13H,2-11H2,1H3,(H,18,20)/t13-/m1/s1. The second kappa shape index (κ2) is 7.57. The van der Waals surface area contributed by atoms with Gasteiger partial charge in [0.15, 0.2) is 0 Å². The van der Waals surface area contributed by atoms with Crippen LogP contribution in [0.15, 0.2) is 6.07 Å². The molecule has 22 heavy (non-hydrogen) atoms. The molecule has 122 valence electrons. The first-order valence-corrected chi connectivity index (χ1v) is 9.27. The minimum atomic E-state index is 0.0979. The van der Waals surface area contributed by atoms with Crippen LogP contribution >= 0.6 is 11.3 Å². The quantitative estimate of drug-likeness (QED) is 0.904. The molecule has 5 heteroatoms. The zero-order valence-corrected chi connectivity index (χ0v) is 14.2. The lowest BCUT2D eigenvalue weighted by Gasteiger charge is -2.26. The number of amides is 1. The molecule has 1 aliphatic carbocycles. The second-order valence-electron chi connectivity index (χ2n) is 6.29. The number of thiophene rings is 1. The summed E-state index contributed by atoms with van der Waals surface area (Å²) in [5, 5.41) is 3.07. The van der Waals surface area contributed by atoms with Gasteiger partial charge in [0.1, 0.15) is 0 Å². The highest BCUT2D eigenvalue weighted by atomic mass is 32.1. The molecule has 0 bridgehead atoms. The highest BCUT2D eigenvalue weighted by Gasteiger charge is 2.22. The van der Waals surface area contributed by atoms with Gasteiger partial charge in [-0.2, -0.15) is 0 Å². The van der Waals surface area contributed by atoms with E-state index in [9.17, 15) is 4.79 Å². The maximum atomic E-state index is 12.3. The van der Waals surface area contributed by atoms with Gasteiger partial charge < -0.3 is 10.1 Å². The van der Waals surface area contributed by atoms with Gasteiger partial charge in [0.25, 0.3) is 5.91 Å². The number of carbonyl (C=O) groups excluding carboxylic acids is 1. The average molecular weight is 322 g/mol. The van der Waals surface area contributed by atoms with E-state index in [4.69, 9.17) is 4.74 Å². The molecule has 4 nitrogen and oxygen atoms in total. The molecule has 0 saturated carbocycles. The molecule has 0 radical (unpaired) electrons. The fraction of sp³-hybridized carbons (Fsp3) is 0.706. The van der Waals surface area contributed by atoms with Gasteiger partial charge in [-0.25, -0.2) is 0 Å². The van der Waals surface area contributed by atoms with Gasteiger partial charge in [-0.1, -0.05) is 13.3 Å². The molecule has 1 aromatic rings. The molecule has 1 amide bonds. The molecule has 0 unspecified atom stereocenters. The lowest BCUT2D eigenvalue weighted by molar-refractivity contribution is 0.0383. The van der Waals surface area contributed by atoms with Crippen LogP contribution in [-0.4, -0.2) is 50.2 Å². The minimum Gasteiger partial charge on any atom is -0.379 e. The summed E-state index contributed by atoms with van der Waals surface area (Å²) in [5.41, 5.74) is 1.42. The van der Waals surface area contributed by atoms with E-state index in [1.807, 2.05) is 0 Å². The van der Waals surface area contributed by atoms with Gasteiger partial charge in [-0.15, -0.1) is 11.3 Å². The number of ether oxygens (including phenoxy) is 1. The van der Waals surface area contributed by atoms with Gasteiger partial charge in [-0.05, 0) is 36.8 Å². The van der Waals surface area contributed by atoms with E-state index in [0.29, 0.717) is 0 Å². The van der Waals surface area contributed by atoms with Crippen molar-refractivity contribution in [3.63, 3.8) is 0 Å². The van der Waals surface area contributed by atoms with Crippen molar-refractivity contribution in [1.29, 1.82) is 0 Å². The zero-order valence-electron chi connectivity index (χ0n) is 13.4. The number of nitrogens with one attached hydrogen (secondary N) is 1. The normalized spacial score (nSPS) is 22.3. The monoisotopic (exact) mass is 322 g/mol. The minimum absolute atomic E-state index is 0.0979. The number of nitrogens with zero attached hydrogens (tertiary/aromatic N) is 1. The largest absolute Gasteiger partial charge is 0.379 e. The molecule has 1 N–H and O–H groups in total. The summed E-state index contributed by atoms with van der Waals surface area (Å²) in [7, 11) is 0. The van der Waals surface area contributed by atoms with Crippen LogP contribution in [0.2, 0.25) is 0 Å². The smallest absolute Gasteiger partial charge is 0.261 e. The Hall–Kier alpha value is -0.910. The van der Waals surface area contributed by atoms with Gasteiger partial charge >= 0.3 is 0 Å². The van der Waals surface area contributed by atoms with Crippen molar-refractivity contribution in [3.8, 4) is 0 Å². The number of rotatable bonds is 5. The number of aryl methyl sites for hydroxylation is 1. The summed E-state index contributed by atoms with van der Waals surface area (Å²) in [6.07, 6.45) is 4.83. The third-order valence-electron chi connectivity index (χ3n) is 4.80. The van der Waals surface area contributed by atoms with E-state index in [-0.39, 0.29) is 5.91 Å². The first-order chi connectivity index (χ1) is 10.8. The number of fused-ring (bicyclic) bond motifs is 1. The maximum Gasteiger partial charge on any atom is 0.261 e. The molecule has 1 aliphatic heterocycles. The lowest BCUT2D eigenvalue weighted by atomic mass is 9.87. The molecule has 1 fully saturated rings. The average Bonchev–Trinajstić information content (AvgIpc) is 2.99. The van der Waals surface area contributed by atoms with Crippen LogP contribution in [0.25, 0.3) is 0 Å². The number of hydrogen-bond acceptors (Lipinski definition) is 4. The summed E-state index contributed by atoms with van der Waals surface area (Å²) in [4.78, 5) is 17.0. The van der Waals surface area contributed by atoms with Crippen LogP contribution in [0.5, 0.6) is 0 Å². The maximum absolute atomic E-state index is 12.3. The Labute approximate surface area is 136 Å². The highest BCUT2D eigenvalue weighted by molar-refractivity contribution is 7.14. The summed E-state index contributed by atoms with van der Waals surface area (Å²) in [6.45, 7) is 7.47. The van der Waals surface area contributed by atoms with Crippen molar-refractivity contribution in [3.05, 3.63) is 21.4 Å². The fourth-order valence-electron chi connectivity index (χ4n) is 3.30. The molecule has 0 spiro atoms. The predicted molar refractivity (Wildman–Crippen MR) is 89.7 cm³/mol. The van der Waals surface area contributed by atoms with E-state index < -0.39 is 0 Å². The summed E-state index contributed by atoms with van der Waals surface area (Å²) in [5.74, 6) is 0.903. The Morgan fingerprint density at radius 3 is 3.05 bits per heavy atom. The second-order valence-corrected chi connectivity index (χ2v) is 7.42.